The van der Waals surface area contributed by atoms with Crippen LogP contribution in [0.4, 0.5) is 5.69 Å². The zero-order chi connectivity index (χ0) is 14.7. The van der Waals surface area contributed by atoms with Crippen molar-refractivity contribution in [2.45, 2.75) is 51.6 Å². The molecule has 1 heterocycles. The highest BCUT2D eigenvalue weighted by molar-refractivity contribution is 6.30. The third kappa shape index (κ3) is 3.59. The molecule has 0 amide bonds. The minimum atomic E-state index is 0.598. The molecule has 1 aromatic carbocycles. The fraction of sp³-hybridized carbons (Fsp3) is 0.471. The summed E-state index contributed by atoms with van der Waals surface area (Å²) in [5.41, 5.74) is 3.36. The maximum absolute atomic E-state index is 6.04. The van der Waals surface area contributed by atoms with Gasteiger partial charge in [-0.05, 0) is 43.5 Å². The van der Waals surface area contributed by atoms with E-state index in [0.717, 1.165) is 22.9 Å². The highest BCUT2D eigenvalue weighted by atomic mass is 35.5. The highest BCUT2D eigenvalue weighted by Crippen LogP contribution is 2.27. The van der Waals surface area contributed by atoms with E-state index in [1.54, 1.807) is 0 Å². The molecule has 1 aliphatic rings. The largest absolute Gasteiger partial charge is 0.379 e. The molecule has 1 aliphatic carbocycles. The minimum absolute atomic E-state index is 0.598. The molecule has 0 spiro atoms. The van der Waals surface area contributed by atoms with Crippen molar-refractivity contribution in [3.05, 3.63) is 46.7 Å². The summed E-state index contributed by atoms with van der Waals surface area (Å²) in [6.07, 6.45) is 8.70. The number of anilines is 1. The zero-order valence-electron chi connectivity index (χ0n) is 12.5. The molecule has 1 fully saturated rings. The van der Waals surface area contributed by atoms with Crippen molar-refractivity contribution in [3.8, 4) is 0 Å². The summed E-state index contributed by atoms with van der Waals surface area (Å²) >= 11 is 6.04. The van der Waals surface area contributed by atoms with Gasteiger partial charge in [0.25, 0.3) is 0 Å². The van der Waals surface area contributed by atoms with Crippen molar-refractivity contribution in [2.24, 2.45) is 0 Å². The number of nitrogens with zero attached hydrogens (tertiary/aromatic N) is 2. The Balaban J connectivity index is 1.63. The van der Waals surface area contributed by atoms with Gasteiger partial charge in [0.05, 0.1) is 18.3 Å². The molecule has 3 rings (SSSR count). The van der Waals surface area contributed by atoms with Gasteiger partial charge in [-0.2, -0.15) is 5.10 Å². The minimum Gasteiger partial charge on any atom is -0.379 e. The van der Waals surface area contributed by atoms with E-state index < -0.39 is 0 Å². The number of nitrogens with one attached hydrogen (secondary N) is 1. The van der Waals surface area contributed by atoms with Gasteiger partial charge < -0.3 is 5.32 Å². The van der Waals surface area contributed by atoms with Crippen LogP contribution < -0.4 is 5.32 Å². The fourth-order valence-electron chi connectivity index (χ4n) is 2.99. The Morgan fingerprint density at radius 2 is 2.05 bits per heavy atom. The lowest BCUT2D eigenvalue weighted by Crippen LogP contribution is -2.13. The van der Waals surface area contributed by atoms with Gasteiger partial charge in [0, 0.05) is 16.9 Å². The molecule has 21 heavy (non-hydrogen) atoms. The smallest absolute Gasteiger partial charge is 0.0815 e. The summed E-state index contributed by atoms with van der Waals surface area (Å²) in [5.74, 6) is 0. The lowest BCUT2D eigenvalue weighted by atomic mass is 9.96. The van der Waals surface area contributed by atoms with E-state index in [1.807, 2.05) is 18.2 Å². The van der Waals surface area contributed by atoms with Crippen molar-refractivity contribution < 1.29 is 0 Å². The molecular formula is C17H22ClN3. The van der Waals surface area contributed by atoms with Crippen LogP contribution in [0, 0.1) is 6.92 Å². The highest BCUT2D eigenvalue weighted by Gasteiger charge is 2.15. The number of rotatable bonds is 4. The van der Waals surface area contributed by atoms with Crippen LogP contribution in [0.2, 0.25) is 5.02 Å². The third-order valence-corrected chi connectivity index (χ3v) is 4.51. The maximum Gasteiger partial charge on any atom is 0.0815 e. The summed E-state index contributed by atoms with van der Waals surface area (Å²) in [6, 6.07) is 8.63. The van der Waals surface area contributed by atoms with Crippen molar-refractivity contribution in [3.63, 3.8) is 0 Å². The predicted molar refractivity (Wildman–Crippen MR) is 87.9 cm³/mol. The number of hydrogen-bond donors (Lipinski definition) is 1. The van der Waals surface area contributed by atoms with Crippen LogP contribution in [0.15, 0.2) is 30.5 Å². The zero-order valence-corrected chi connectivity index (χ0v) is 13.2. The quantitative estimate of drug-likeness (QED) is 0.865. The lowest BCUT2D eigenvalue weighted by molar-refractivity contribution is 0.328. The van der Waals surface area contributed by atoms with Crippen molar-refractivity contribution in [1.29, 1.82) is 0 Å². The van der Waals surface area contributed by atoms with E-state index in [0.29, 0.717) is 6.04 Å². The van der Waals surface area contributed by atoms with Crippen molar-refractivity contribution in [1.82, 2.24) is 9.78 Å². The second-order valence-electron chi connectivity index (χ2n) is 5.89. The Hall–Kier alpha value is -1.48. The Kier molecular flexibility index (Phi) is 4.49. The number of benzene rings is 1. The van der Waals surface area contributed by atoms with Crippen LogP contribution in [0.25, 0.3) is 0 Å². The van der Waals surface area contributed by atoms with Gasteiger partial charge in [-0.15, -0.1) is 0 Å². The first kappa shape index (κ1) is 14.5. The van der Waals surface area contributed by atoms with Gasteiger partial charge >= 0.3 is 0 Å². The molecule has 1 saturated carbocycles. The topological polar surface area (TPSA) is 29.9 Å². The SMILES string of the molecule is Cc1ccc(Cl)cc1NCc1ccn(C2CCCCC2)n1. The van der Waals surface area contributed by atoms with Crippen LogP contribution >= 0.6 is 11.6 Å². The van der Waals surface area contributed by atoms with E-state index in [-0.39, 0.29) is 0 Å². The van der Waals surface area contributed by atoms with Gasteiger partial charge in [0.2, 0.25) is 0 Å². The normalized spacial score (nSPS) is 16.1. The molecule has 0 aliphatic heterocycles. The number of hydrogen-bond acceptors (Lipinski definition) is 2. The van der Waals surface area contributed by atoms with Gasteiger partial charge in [-0.3, -0.25) is 4.68 Å². The molecule has 0 unspecified atom stereocenters. The Morgan fingerprint density at radius 1 is 1.24 bits per heavy atom. The summed E-state index contributed by atoms with van der Waals surface area (Å²) in [7, 11) is 0. The van der Waals surface area contributed by atoms with E-state index in [1.165, 1.54) is 37.7 Å². The molecule has 2 aromatic rings. The van der Waals surface area contributed by atoms with Crippen LogP contribution in [0.3, 0.4) is 0 Å². The fourth-order valence-corrected chi connectivity index (χ4v) is 3.16. The van der Waals surface area contributed by atoms with Gasteiger partial charge in [0.15, 0.2) is 0 Å². The van der Waals surface area contributed by atoms with Crippen molar-refractivity contribution >= 4 is 17.3 Å². The van der Waals surface area contributed by atoms with E-state index in [9.17, 15) is 0 Å². The average molecular weight is 304 g/mol. The summed E-state index contributed by atoms with van der Waals surface area (Å²) < 4.78 is 2.15. The van der Waals surface area contributed by atoms with Crippen LogP contribution in [-0.4, -0.2) is 9.78 Å². The molecule has 3 nitrogen and oxygen atoms in total. The van der Waals surface area contributed by atoms with Crippen LogP contribution in [0.5, 0.6) is 0 Å². The Morgan fingerprint density at radius 3 is 2.86 bits per heavy atom. The lowest BCUT2D eigenvalue weighted by Gasteiger charge is -2.21. The second kappa shape index (κ2) is 6.52. The van der Waals surface area contributed by atoms with E-state index >= 15 is 0 Å². The predicted octanol–water partition coefficient (Wildman–Crippen LogP) is 4.96. The molecule has 0 radical (unpaired) electrons. The molecule has 0 atom stereocenters. The van der Waals surface area contributed by atoms with Crippen molar-refractivity contribution in [2.75, 3.05) is 5.32 Å². The number of aromatic nitrogens is 2. The number of halogens is 1. The Bertz CT molecular complexity index is 600. The standard InChI is InChI=1S/C17H22ClN3/c1-13-7-8-14(18)11-17(13)19-12-15-9-10-21(20-15)16-5-3-2-4-6-16/h7-11,16,19H,2-6,12H2,1H3. The molecule has 112 valence electrons. The van der Waals surface area contributed by atoms with Gasteiger partial charge in [0.1, 0.15) is 0 Å². The molecule has 1 N–H and O–H groups in total. The molecule has 0 bridgehead atoms. The Labute approximate surface area is 131 Å². The van der Waals surface area contributed by atoms with Gasteiger partial charge in [-0.25, -0.2) is 0 Å². The first-order chi connectivity index (χ1) is 10.2. The maximum atomic E-state index is 6.04. The first-order valence-electron chi connectivity index (χ1n) is 7.76. The van der Waals surface area contributed by atoms with E-state index in [4.69, 9.17) is 16.7 Å². The van der Waals surface area contributed by atoms with Crippen LogP contribution in [-0.2, 0) is 6.54 Å². The summed E-state index contributed by atoms with van der Waals surface area (Å²) in [5, 5.41) is 8.91. The number of aryl methyl sites for hydroxylation is 1. The van der Waals surface area contributed by atoms with Crippen LogP contribution in [0.1, 0.15) is 49.4 Å². The summed E-state index contributed by atoms with van der Waals surface area (Å²) in [4.78, 5) is 0. The first-order valence-corrected chi connectivity index (χ1v) is 8.14. The van der Waals surface area contributed by atoms with E-state index in [2.05, 4.69) is 29.2 Å². The molecule has 0 saturated heterocycles. The second-order valence-corrected chi connectivity index (χ2v) is 6.33. The monoisotopic (exact) mass is 303 g/mol. The third-order valence-electron chi connectivity index (χ3n) is 4.27. The molecule has 4 heteroatoms. The molecular weight excluding hydrogens is 282 g/mol. The molecule has 1 aromatic heterocycles. The average Bonchev–Trinajstić information content (AvgIpc) is 2.98. The summed E-state index contributed by atoms with van der Waals surface area (Å²) in [6.45, 7) is 2.82. The van der Waals surface area contributed by atoms with Gasteiger partial charge in [-0.1, -0.05) is 36.9 Å².